The summed E-state index contributed by atoms with van der Waals surface area (Å²) in [6.45, 7) is 4.51. The van der Waals surface area contributed by atoms with Crippen molar-refractivity contribution in [2.75, 3.05) is 19.8 Å². The Morgan fingerprint density at radius 1 is 1.56 bits per heavy atom. The number of rotatable bonds is 5. The smallest absolute Gasteiger partial charge is 0.106 e. The molecule has 0 saturated carbocycles. The number of ether oxygens (including phenoxy) is 2. The molecule has 2 unspecified atom stereocenters. The molecule has 1 saturated heterocycles. The van der Waals surface area contributed by atoms with Crippen LogP contribution in [0.15, 0.2) is 15.9 Å². The van der Waals surface area contributed by atoms with E-state index < -0.39 is 0 Å². The lowest BCUT2D eigenvalue weighted by atomic mass is 10.0. The van der Waals surface area contributed by atoms with Gasteiger partial charge in [0.05, 0.1) is 6.61 Å². The number of hydrogen-bond donors (Lipinski definition) is 1. The molecule has 0 spiro atoms. The first-order valence-electron chi connectivity index (χ1n) is 6.35. The van der Waals surface area contributed by atoms with E-state index in [-0.39, 0.29) is 12.1 Å². The second-order valence-corrected chi connectivity index (χ2v) is 6.69. The van der Waals surface area contributed by atoms with E-state index in [2.05, 4.69) is 27.4 Å². The molecule has 0 radical (unpaired) electrons. The van der Waals surface area contributed by atoms with Crippen LogP contribution in [0.1, 0.15) is 30.7 Å². The zero-order valence-electron chi connectivity index (χ0n) is 10.6. The van der Waals surface area contributed by atoms with Gasteiger partial charge in [-0.2, -0.15) is 0 Å². The van der Waals surface area contributed by atoms with Crippen LogP contribution in [0.5, 0.6) is 0 Å². The minimum atomic E-state index is 0.00384. The quantitative estimate of drug-likeness (QED) is 0.898. The van der Waals surface area contributed by atoms with Gasteiger partial charge < -0.3 is 15.2 Å². The molecule has 0 bridgehead atoms. The maximum Gasteiger partial charge on any atom is 0.106 e. The Morgan fingerprint density at radius 2 is 2.28 bits per heavy atom. The van der Waals surface area contributed by atoms with Crippen LogP contribution in [-0.2, 0) is 9.47 Å². The third-order valence-electron chi connectivity index (χ3n) is 3.20. The number of nitrogens with two attached hydrogens (primary N) is 1. The third-order valence-corrected chi connectivity index (χ3v) is 4.95. The number of halogens is 1. The molecule has 1 aromatic heterocycles. The molecule has 2 atom stereocenters. The van der Waals surface area contributed by atoms with E-state index in [1.54, 1.807) is 11.3 Å². The van der Waals surface area contributed by atoms with E-state index >= 15 is 0 Å². The van der Waals surface area contributed by atoms with Gasteiger partial charge in [-0.25, -0.2) is 0 Å². The van der Waals surface area contributed by atoms with Gasteiger partial charge in [-0.3, -0.25) is 0 Å². The van der Waals surface area contributed by atoms with Crippen molar-refractivity contribution in [3.8, 4) is 0 Å². The Hall–Kier alpha value is 0.0600. The van der Waals surface area contributed by atoms with E-state index in [9.17, 15) is 0 Å². The molecule has 0 aliphatic carbocycles. The topological polar surface area (TPSA) is 44.5 Å². The number of thiophene rings is 1. The van der Waals surface area contributed by atoms with E-state index in [0.29, 0.717) is 5.92 Å². The van der Waals surface area contributed by atoms with Gasteiger partial charge in [0.15, 0.2) is 0 Å². The van der Waals surface area contributed by atoms with Crippen molar-refractivity contribution in [1.82, 2.24) is 0 Å². The molecule has 2 rings (SSSR count). The lowest BCUT2D eigenvalue weighted by Gasteiger charge is -2.26. The molecule has 5 heteroatoms. The fourth-order valence-corrected chi connectivity index (χ4v) is 3.73. The van der Waals surface area contributed by atoms with Gasteiger partial charge in [0.2, 0.25) is 0 Å². The van der Waals surface area contributed by atoms with Gasteiger partial charge in [0.25, 0.3) is 0 Å². The van der Waals surface area contributed by atoms with Crippen molar-refractivity contribution in [3.63, 3.8) is 0 Å². The maximum atomic E-state index is 6.05. The SMILES string of the molecule is CC(N)C(OCC1CCOCC1)c1cc(Br)cs1. The Bertz CT molecular complexity index is 364. The maximum absolute atomic E-state index is 6.05. The summed E-state index contributed by atoms with van der Waals surface area (Å²) in [5.74, 6) is 0.614. The van der Waals surface area contributed by atoms with E-state index in [4.69, 9.17) is 15.2 Å². The predicted molar refractivity (Wildman–Crippen MR) is 77.9 cm³/mol. The summed E-state index contributed by atoms with van der Waals surface area (Å²) in [4.78, 5) is 1.20. The van der Waals surface area contributed by atoms with Crippen LogP contribution in [-0.4, -0.2) is 25.9 Å². The van der Waals surface area contributed by atoms with Crippen LogP contribution in [0.3, 0.4) is 0 Å². The molecule has 1 fully saturated rings. The predicted octanol–water partition coefficient (Wildman–Crippen LogP) is 3.34. The minimum absolute atomic E-state index is 0.00384. The molecule has 18 heavy (non-hydrogen) atoms. The highest BCUT2D eigenvalue weighted by molar-refractivity contribution is 9.10. The first-order valence-corrected chi connectivity index (χ1v) is 8.03. The number of hydrogen-bond acceptors (Lipinski definition) is 4. The van der Waals surface area contributed by atoms with Crippen molar-refractivity contribution in [3.05, 3.63) is 20.8 Å². The fourth-order valence-electron chi connectivity index (χ4n) is 2.12. The highest BCUT2D eigenvalue weighted by atomic mass is 79.9. The van der Waals surface area contributed by atoms with Gasteiger partial charge in [0.1, 0.15) is 6.10 Å². The average molecular weight is 334 g/mol. The van der Waals surface area contributed by atoms with Crippen LogP contribution in [0.2, 0.25) is 0 Å². The summed E-state index contributed by atoms with van der Waals surface area (Å²) in [6.07, 6.45) is 2.20. The van der Waals surface area contributed by atoms with E-state index in [1.807, 2.05) is 6.92 Å². The summed E-state index contributed by atoms with van der Waals surface area (Å²) in [7, 11) is 0. The summed E-state index contributed by atoms with van der Waals surface area (Å²) < 4.78 is 12.5. The highest BCUT2D eigenvalue weighted by Gasteiger charge is 2.22. The monoisotopic (exact) mass is 333 g/mol. The van der Waals surface area contributed by atoms with Crippen molar-refractivity contribution < 1.29 is 9.47 Å². The lowest BCUT2D eigenvalue weighted by molar-refractivity contribution is -0.0174. The molecule has 102 valence electrons. The Balaban J connectivity index is 1.90. The summed E-state index contributed by atoms with van der Waals surface area (Å²) in [5, 5.41) is 2.07. The second-order valence-electron chi connectivity index (χ2n) is 4.84. The van der Waals surface area contributed by atoms with Crippen molar-refractivity contribution >= 4 is 27.3 Å². The average Bonchev–Trinajstić information content (AvgIpc) is 2.77. The minimum Gasteiger partial charge on any atom is -0.381 e. The second kappa shape index (κ2) is 7.01. The van der Waals surface area contributed by atoms with Crippen LogP contribution >= 0.6 is 27.3 Å². The van der Waals surface area contributed by atoms with Crippen molar-refractivity contribution in [2.24, 2.45) is 11.7 Å². The van der Waals surface area contributed by atoms with Crippen LogP contribution in [0.4, 0.5) is 0 Å². The highest BCUT2D eigenvalue weighted by Crippen LogP contribution is 2.30. The first kappa shape index (κ1) is 14.5. The zero-order valence-corrected chi connectivity index (χ0v) is 13.0. The molecule has 2 heterocycles. The molecule has 2 N–H and O–H groups in total. The molecule has 0 aromatic carbocycles. The molecule has 1 aliphatic heterocycles. The Labute approximate surface area is 121 Å². The molecular weight excluding hydrogens is 314 g/mol. The normalized spacial score (nSPS) is 20.8. The molecule has 1 aliphatic rings. The van der Waals surface area contributed by atoms with Gasteiger partial charge in [-0.1, -0.05) is 0 Å². The lowest BCUT2D eigenvalue weighted by Crippen LogP contribution is -2.29. The van der Waals surface area contributed by atoms with Gasteiger partial charge in [0, 0.05) is 34.0 Å². The van der Waals surface area contributed by atoms with Gasteiger partial charge >= 0.3 is 0 Å². The van der Waals surface area contributed by atoms with Crippen LogP contribution in [0, 0.1) is 5.92 Å². The largest absolute Gasteiger partial charge is 0.381 e. The Kier molecular flexibility index (Phi) is 5.63. The fraction of sp³-hybridized carbons (Fsp3) is 0.692. The zero-order chi connectivity index (χ0) is 13.0. The van der Waals surface area contributed by atoms with Gasteiger partial charge in [-0.05, 0) is 47.7 Å². The molecular formula is C13H20BrNO2S. The first-order chi connectivity index (χ1) is 8.66. The van der Waals surface area contributed by atoms with Crippen molar-refractivity contribution in [1.29, 1.82) is 0 Å². The molecule has 1 aromatic rings. The molecule has 3 nitrogen and oxygen atoms in total. The van der Waals surface area contributed by atoms with Crippen molar-refractivity contribution in [2.45, 2.75) is 31.9 Å². The standard InChI is InChI=1S/C13H20BrNO2S/c1-9(15)13(12-6-11(14)8-18-12)17-7-10-2-4-16-5-3-10/h6,8-10,13H,2-5,7,15H2,1H3. The third kappa shape index (κ3) is 4.03. The van der Waals surface area contributed by atoms with E-state index in [0.717, 1.165) is 37.1 Å². The van der Waals surface area contributed by atoms with E-state index in [1.165, 1.54) is 4.88 Å². The summed E-state index contributed by atoms with van der Waals surface area (Å²) in [5.41, 5.74) is 6.04. The van der Waals surface area contributed by atoms with Crippen LogP contribution in [0.25, 0.3) is 0 Å². The van der Waals surface area contributed by atoms with Crippen LogP contribution < -0.4 is 5.73 Å². The summed E-state index contributed by atoms with van der Waals surface area (Å²) in [6, 6.07) is 2.11. The molecule has 0 amide bonds. The Morgan fingerprint density at radius 3 is 2.83 bits per heavy atom. The summed E-state index contributed by atoms with van der Waals surface area (Å²) >= 11 is 5.17. The van der Waals surface area contributed by atoms with Gasteiger partial charge in [-0.15, -0.1) is 11.3 Å².